The average Bonchev–Trinajstić information content (AvgIpc) is 2.68. The lowest BCUT2D eigenvalue weighted by molar-refractivity contribution is -0.149. The van der Waals surface area contributed by atoms with Gasteiger partial charge in [-0.3, -0.25) is 4.79 Å². The Kier molecular flexibility index (Phi) is 5.42. The molecular formula is C18H28N4O3. The second-order valence-corrected chi connectivity index (χ2v) is 6.93. The number of morpholine rings is 1. The maximum Gasteiger partial charge on any atom is 0.311 e. The first-order chi connectivity index (χ1) is 12.1. The zero-order valence-corrected chi connectivity index (χ0v) is 15.2. The quantitative estimate of drug-likeness (QED) is 0.871. The number of nitrogens with zero attached hydrogens (tertiary/aromatic N) is 4. The Bertz CT molecular complexity index is 618. The fourth-order valence-electron chi connectivity index (χ4n) is 3.66. The van der Waals surface area contributed by atoms with Crippen LogP contribution >= 0.6 is 0 Å². The molecule has 0 radical (unpaired) electrons. The molecule has 1 aromatic heterocycles. The van der Waals surface area contributed by atoms with Crippen LogP contribution in [0.25, 0.3) is 0 Å². The third-order valence-electron chi connectivity index (χ3n) is 5.44. The first-order valence-corrected chi connectivity index (χ1v) is 9.27. The SMILES string of the molecule is CCc1cc(N2CCC[C@](CC)(C(=O)O)C2)nc(N2CCOCC2)n1. The van der Waals surface area contributed by atoms with Gasteiger partial charge < -0.3 is 19.6 Å². The number of hydrogen-bond acceptors (Lipinski definition) is 6. The van der Waals surface area contributed by atoms with Crippen molar-refractivity contribution in [2.24, 2.45) is 5.41 Å². The molecule has 7 heteroatoms. The van der Waals surface area contributed by atoms with E-state index >= 15 is 0 Å². The highest BCUT2D eigenvalue weighted by Gasteiger charge is 2.41. The smallest absolute Gasteiger partial charge is 0.311 e. The van der Waals surface area contributed by atoms with Gasteiger partial charge >= 0.3 is 5.97 Å². The van der Waals surface area contributed by atoms with Crippen LogP contribution in [0.5, 0.6) is 0 Å². The van der Waals surface area contributed by atoms with Crippen molar-refractivity contribution in [3.63, 3.8) is 0 Å². The number of anilines is 2. The average molecular weight is 348 g/mol. The van der Waals surface area contributed by atoms with Crippen LogP contribution in [-0.4, -0.2) is 60.4 Å². The summed E-state index contributed by atoms with van der Waals surface area (Å²) < 4.78 is 5.42. The van der Waals surface area contributed by atoms with E-state index < -0.39 is 11.4 Å². The van der Waals surface area contributed by atoms with Crippen molar-refractivity contribution in [1.82, 2.24) is 9.97 Å². The fourth-order valence-corrected chi connectivity index (χ4v) is 3.66. The highest BCUT2D eigenvalue weighted by atomic mass is 16.5. The Morgan fingerprint density at radius 2 is 2.00 bits per heavy atom. The van der Waals surface area contributed by atoms with Gasteiger partial charge in [0, 0.05) is 37.9 Å². The molecule has 0 spiro atoms. The van der Waals surface area contributed by atoms with Crippen LogP contribution in [0, 0.1) is 5.41 Å². The normalized spacial score (nSPS) is 24.4. The van der Waals surface area contributed by atoms with E-state index in [0.717, 1.165) is 56.4 Å². The van der Waals surface area contributed by atoms with Gasteiger partial charge in [-0.05, 0) is 25.7 Å². The third-order valence-corrected chi connectivity index (χ3v) is 5.44. The number of carbonyl (C=O) groups is 1. The molecular weight excluding hydrogens is 320 g/mol. The summed E-state index contributed by atoms with van der Waals surface area (Å²) in [7, 11) is 0. The number of aryl methyl sites for hydroxylation is 1. The van der Waals surface area contributed by atoms with E-state index in [1.54, 1.807) is 0 Å². The van der Waals surface area contributed by atoms with Gasteiger partial charge in [-0.2, -0.15) is 4.98 Å². The number of ether oxygens (including phenoxy) is 1. The molecule has 0 aromatic carbocycles. The first-order valence-electron chi connectivity index (χ1n) is 9.27. The van der Waals surface area contributed by atoms with Gasteiger partial charge in [0.1, 0.15) is 5.82 Å². The lowest BCUT2D eigenvalue weighted by atomic mass is 9.77. The zero-order chi connectivity index (χ0) is 17.9. The molecule has 2 aliphatic heterocycles. The number of carboxylic acid groups (broad SMARTS) is 1. The van der Waals surface area contributed by atoms with Gasteiger partial charge in [-0.25, -0.2) is 4.98 Å². The summed E-state index contributed by atoms with van der Waals surface area (Å²) in [6.45, 7) is 8.38. The van der Waals surface area contributed by atoms with Gasteiger partial charge in [-0.15, -0.1) is 0 Å². The minimum atomic E-state index is -0.696. The molecule has 0 unspecified atom stereocenters. The maximum absolute atomic E-state index is 11.8. The van der Waals surface area contributed by atoms with Gasteiger partial charge in [-0.1, -0.05) is 13.8 Å². The van der Waals surface area contributed by atoms with Crippen LogP contribution in [-0.2, 0) is 16.0 Å². The van der Waals surface area contributed by atoms with E-state index in [1.807, 2.05) is 13.0 Å². The molecule has 0 amide bonds. The van der Waals surface area contributed by atoms with Crippen molar-refractivity contribution >= 4 is 17.7 Å². The summed E-state index contributed by atoms with van der Waals surface area (Å²) in [6, 6.07) is 2.01. The number of rotatable bonds is 5. The van der Waals surface area contributed by atoms with E-state index in [2.05, 4.69) is 21.7 Å². The third kappa shape index (κ3) is 3.71. The Morgan fingerprint density at radius 3 is 2.64 bits per heavy atom. The van der Waals surface area contributed by atoms with E-state index in [0.29, 0.717) is 26.2 Å². The largest absolute Gasteiger partial charge is 0.481 e. The summed E-state index contributed by atoms with van der Waals surface area (Å²) in [5.41, 5.74) is 0.323. The van der Waals surface area contributed by atoms with Gasteiger partial charge in [0.25, 0.3) is 0 Å². The lowest BCUT2D eigenvalue weighted by Crippen LogP contribution is -2.48. The summed E-state index contributed by atoms with van der Waals surface area (Å²) in [5, 5.41) is 9.73. The van der Waals surface area contributed by atoms with Gasteiger partial charge in [0.15, 0.2) is 0 Å². The molecule has 3 rings (SSSR count). The van der Waals surface area contributed by atoms with E-state index in [1.165, 1.54) is 0 Å². The van der Waals surface area contributed by atoms with E-state index in [4.69, 9.17) is 9.72 Å². The molecule has 2 saturated heterocycles. The Hall–Kier alpha value is -1.89. The van der Waals surface area contributed by atoms with Crippen molar-refractivity contribution in [2.75, 3.05) is 49.2 Å². The van der Waals surface area contributed by atoms with Crippen LogP contribution < -0.4 is 9.80 Å². The summed E-state index contributed by atoms with van der Waals surface area (Å²) >= 11 is 0. The molecule has 2 aliphatic rings. The molecule has 138 valence electrons. The van der Waals surface area contributed by atoms with Crippen LogP contribution in [0.2, 0.25) is 0 Å². The molecule has 0 aliphatic carbocycles. The number of aromatic nitrogens is 2. The molecule has 0 bridgehead atoms. The summed E-state index contributed by atoms with van der Waals surface area (Å²) in [6.07, 6.45) is 3.08. The molecule has 25 heavy (non-hydrogen) atoms. The maximum atomic E-state index is 11.8. The minimum Gasteiger partial charge on any atom is -0.481 e. The van der Waals surface area contributed by atoms with Crippen molar-refractivity contribution in [3.8, 4) is 0 Å². The number of aliphatic carboxylic acids is 1. The highest BCUT2D eigenvalue weighted by molar-refractivity contribution is 5.76. The van der Waals surface area contributed by atoms with Crippen molar-refractivity contribution in [3.05, 3.63) is 11.8 Å². The molecule has 7 nitrogen and oxygen atoms in total. The highest BCUT2D eigenvalue weighted by Crippen LogP contribution is 2.35. The molecule has 1 N–H and O–H groups in total. The standard InChI is InChI=1S/C18H28N4O3/c1-3-14-12-15(20-17(19-14)21-8-10-25-11-9-21)22-7-5-6-18(4-2,13-22)16(23)24/h12H,3-11,13H2,1-2H3,(H,23,24)/t18-/m0/s1. The molecule has 0 saturated carbocycles. The molecule has 3 heterocycles. The van der Waals surface area contributed by atoms with Gasteiger partial charge in [0.2, 0.25) is 5.95 Å². The number of carboxylic acids is 1. The second kappa shape index (κ2) is 7.56. The fraction of sp³-hybridized carbons (Fsp3) is 0.722. The van der Waals surface area contributed by atoms with E-state index in [9.17, 15) is 9.90 Å². The Morgan fingerprint density at radius 1 is 1.24 bits per heavy atom. The number of piperidine rings is 1. The van der Waals surface area contributed by atoms with Crippen molar-refractivity contribution < 1.29 is 14.6 Å². The van der Waals surface area contributed by atoms with Crippen molar-refractivity contribution in [1.29, 1.82) is 0 Å². The minimum absolute atomic E-state index is 0.515. The van der Waals surface area contributed by atoms with Crippen LogP contribution in [0.3, 0.4) is 0 Å². The lowest BCUT2D eigenvalue weighted by Gasteiger charge is -2.40. The second-order valence-electron chi connectivity index (χ2n) is 6.93. The molecule has 2 fully saturated rings. The monoisotopic (exact) mass is 348 g/mol. The summed E-state index contributed by atoms with van der Waals surface area (Å²) in [4.78, 5) is 25.6. The van der Waals surface area contributed by atoms with Crippen LogP contribution in [0.15, 0.2) is 6.07 Å². The topological polar surface area (TPSA) is 78.8 Å². The predicted molar refractivity (Wildman–Crippen MR) is 96.2 cm³/mol. The van der Waals surface area contributed by atoms with E-state index in [-0.39, 0.29) is 0 Å². The summed E-state index contributed by atoms with van der Waals surface area (Å²) in [5.74, 6) is 0.894. The van der Waals surface area contributed by atoms with Crippen LogP contribution in [0.1, 0.15) is 38.8 Å². The van der Waals surface area contributed by atoms with Crippen molar-refractivity contribution in [2.45, 2.75) is 39.5 Å². The molecule has 1 atom stereocenters. The number of hydrogen-bond donors (Lipinski definition) is 1. The van der Waals surface area contributed by atoms with Gasteiger partial charge in [0.05, 0.1) is 18.6 Å². The van der Waals surface area contributed by atoms with Crippen LogP contribution in [0.4, 0.5) is 11.8 Å². The first kappa shape index (κ1) is 17.9. The predicted octanol–water partition coefficient (Wildman–Crippen LogP) is 1.96. The zero-order valence-electron chi connectivity index (χ0n) is 15.2. The Labute approximate surface area is 149 Å². The molecule has 1 aromatic rings. The Balaban J connectivity index is 1.89.